The van der Waals surface area contributed by atoms with Gasteiger partial charge in [-0.1, -0.05) is 11.6 Å². The number of anilines is 1. The van der Waals surface area contributed by atoms with Gasteiger partial charge in [0.25, 0.3) is 0 Å². The third kappa shape index (κ3) is 4.35. The van der Waals surface area contributed by atoms with Crippen LogP contribution < -0.4 is 4.90 Å². The van der Waals surface area contributed by atoms with E-state index in [4.69, 9.17) is 16.3 Å². The molecule has 0 radical (unpaired) electrons. The SMILES string of the molecule is BC(B)(B)N(C(=O)OC(C)(C)C)c1cn(-c2cccnc2)nc1Cl. The fourth-order valence-electron chi connectivity index (χ4n) is 2.16. The Kier molecular flexibility index (Phi) is 5.04. The first-order valence-electron chi connectivity index (χ1n) is 7.68. The average molecular weight is 344 g/mol. The Labute approximate surface area is 149 Å². The summed E-state index contributed by atoms with van der Waals surface area (Å²) in [6.07, 6.45) is 4.58. The Bertz CT molecular complexity index is 726. The summed E-state index contributed by atoms with van der Waals surface area (Å²) >= 11 is 6.31. The molecule has 24 heavy (non-hydrogen) atoms. The highest BCUT2D eigenvalue weighted by atomic mass is 35.5. The van der Waals surface area contributed by atoms with Gasteiger partial charge in [0, 0.05) is 6.20 Å². The van der Waals surface area contributed by atoms with Crippen LogP contribution in [0.1, 0.15) is 20.8 Å². The van der Waals surface area contributed by atoms with Gasteiger partial charge in [-0.3, -0.25) is 9.88 Å². The van der Waals surface area contributed by atoms with Crippen molar-refractivity contribution in [2.75, 3.05) is 4.90 Å². The second-order valence-electron chi connectivity index (χ2n) is 7.45. The lowest BCUT2D eigenvalue weighted by atomic mass is 9.48. The summed E-state index contributed by atoms with van der Waals surface area (Å²) in [6.45, 7) is 5.48. The molecule has 0 fully saturated rings. The van der Waals surface area contributed by atoms with Gasteiger partial charge in [0.1, 0.15) is 34.8 Å². The third-order valence-electron chi connectivity index (χ3n) is 3.05. The van der Waals surface area contributed by atoms with Crippen LogP contribution in [0.2, 0.25) is 5.15 Å². The fraction of sp³-hybridized carbons (Fsp3) is 0.357. The fourth-order valence-corrected chi connectivity index (χ4v) is 2.37. The molecule has 0 aliphatic carbocycles. The number of hydrogen-bond donors (Lipinski definition) is 0. The van der Waals surface area contributed by atoms with Crippen molar-refractivity contribution >= 4 is 46.9 Å². The second kappa shape index (κ2) is 6.55. The summed E-state index contributed by atoms with van der Waals surface area (Å²) < 4.78 is 7.12. The van der Waals surface area contributed by atoms with Crippen LogP contribution in [0.25, 0.3) is 5.69 Å². The van der Waals surface area contributed by atoms with Crippen molar-refractivity contribution in [2.45, 2.75) is 31.6 Å². The maximum atomic E-state index is 12.7. The highest BCUT2D eigenvalue weighted by molar-refractivity contribution is 6.62. The molecule has 0 aromatic carbocycles. The molecular weight excluding hydrogens is 324 g/mol. The van der Waals surface area contributed by atoms with Crippen molar-refractivity contribution in [1.82, 2.24) is 14.8 Å². The van der Waals surface area contributed by atoms with Crippen molar-refractivity contribution in [3.63, 3.8) is 0 Å². The average Bonchev–Trinajstić information content (AvgIpc) is 2.78. The Hall–Kier alpha value is -1.89. The van der Waals surface area contributed by atoms with Crippen LogP contribution in [0, 0.1) is 0 Å². The zero-order valence-electron chi connectivity index (χ0n) is 14.9. The number of carbonyl (C=O) groups excluding carboxylic acids is 1. The molecule has 0 aliphatic rings. The minimum Gasteiger partial charge on any atom is -0.443 e. The lowest BCUT2D eigenvalue weighted by Crippen LogP contribution is -2.55. The summed E-state index contributed by atoms with van der Waals surface area (Å²) in [5, 5.41) is 3.98. The van der Waals surface area contributed by atoms with E-state index in [0.29, 0.717) is 5.69 Å². The molecule has 2 rings (SSSR count). The number of hydrogen-bond acceptors (Lipinski definition) is 4. The molecule has 10 heteroatoms. The van der Waals surface area contributed by atoms with Crippen LogP contribution >= 0.6 is 11.6 Å². The molecule has 2 aromatic rings. The molecule has 6 nitrogen and oxygen atoms in total. The molecule has 0 aliphatic heterocycles. The van der Waals surface area contributed by atoms with Crippen molar-refractivity contribution in [1.29, 1.82) is 0 Å². The van der Waals surface area contributed by atoms with Crippen LogP contribution in [0.3, 0.4) is 0 Å². The molecular formula is C14H20B3ClN4O2. The molecule has 0 N–H and O–H groups in total. The highest BCUT2D eigenvalue weighted by Gasteiger charge is 2.34. The van der Waals surface area contributed by atoms with Crippen molar-refractivity contribution in [2.24, 2.45) is 0 Å². The number of amides is 1. The minimum absolute atomic E-state index is 0.222. The Balaban J connectivity index is 2.45. The van der Waals surface area contributed by atoms with E-state index in [1.54, 1.807) is 29.3 Å². The van der Waals surface area contributed by atoms with Crippen LogP contribution in [0.5, 0.6) is 0 Å². The van der Waals surface area contributed by atoms with Gasteiger partial charge in [0.15, 0.2) is 5.15 Å². The maximum Gasteiger partial charge on any atom is 0.413 e. The van der Waals surface area contributed by atoms with Gasteiger partial charge >= 0.3 is 6.09 Å². The van der Waals surface area contributed by atoms with Gasteiger partial charge in [-0.25, -0.2) is 9.48 Å². The van der Waals surface area contributed by atoms with Gasteiger partial charge in [-0.05, 0) is 38.1 Å². The quantitative estimate of drug-likeness (QED) is 0.745. The smallest absolute Gasteiger partial charge is 0.413 e. The lowest BCUT2D eigenvalue weighted by Gasteiger charge is -2.36. The molecule has 2 heterocycles. The minimum atomic E-state index is -0.605. The van der Waals surface area contributed by atoms with E-state index in [1.807, 2.05) is 50.4 Å². The maximum absolute atomic E-state index is 12.7. The van der Waals surface area contributed by atoms with Gasteiger partial charge in [-0.2, -0.15) is 5.10 Å². The lowest BCUT2D eigenvalue weighted by molar-refractivity contribution is 0.0579. The first kappa shape index (κ1) is 18.5. The first-order chi connectivity index (χ1) is 11.0. The van der Waals surface area contributed by atoms with Crippen LogP contribution in [0.4, 0.5) is 10.5 Å². The van der Waals surface area contributed by atoms with Crippen molar-refractivity contribution in [3.05, 3.63) is 35.9 Å². The predicted octanol–water partition coefficient (Wildman–Crippen LogP) is 0.173. The zero-order valence-corrected chi connectivity index (χ0v) is 15.6. The third-order valence-corrected chi connectivity index (χ3v) is 3.32. The number of ether oxygens (including phenoxy) is 1. The predicted molar refractivity (Wildman–Crippen MR) is 103 cm³/mol. The second-order valence-corrected chi connectivity index (χ2v) is 7.81. The number of aromatic nitrogens is 3. The van der Waals surface area contributed by atoms with E-state index in [1.165, 1.54) is 4.90 Å². The number of pyridine rings is 1. The molecule has 1 amide bonds. The Morgan fingerprint density at radius 1 is 1.33 bits per heavy atom. The van der Waals surface area contributed by atoms with E-state index in [2.05, 4.69) is 10.1 Å². The van der Waals surface area contributed by atoms with Gasteiger partial charge in [-0.15, -0.1) is 0 Å². The van der Waals surface area contributed by atoms with Crippen molar-refractivity contribution in [3.8, 4) is 5.69 Å². The highest BCUT2D eigenvalue weighted by Crippen LogP contribution is 2.30. The molecule has 0 atom stereocenters. The molecule has 124 valence electrons. The van der Waals surface area contributed by atoms with Gasteiger partial charge in [0.2, 0.25) is 0 Å². The van der Waals surface area contributed by atoms with Gasteiger partial charge < -0.3 is 4.74 Å². The monoisotopic (exact) mass is 344 g/mol. The first-order valence-corrected chi connectivity index (χ1v) is 8.05. The summed E-state index contributed by atoms with van der Waals surface area (Å²) in [6, 6.07) is 3.66. The van der Waals surface area contributed by atoms with Crippen molar-refractivity contribution < 1.29 is 9.53 Å². The standard InChI is InChI=1S/C14H20B3ClN4O2/c1-13(2,3)24-12(23)22(14(15,16)17)10-8-21(20-11(10)18)9-5-4-6-19-7-9/h4-8H,15-17H2,1-3H3. The largest absolute Gasteiger partial charge is 0.443 e. The molecule has 0 saturated heterocycles. The van der Waals surface area contributed by atoms with E-state index in [9.17, 15) is 4.79 Å². The summed E-state index contributed by atoms with van der Waals surface area (Å²) in [7, 11) is 5.73. The van der Waals surface area contributed by atoms with Crippen LogP contribution in [-0.2, 0) is 4.74 Å². The summed E-state index contributed by atoms with van der Waals surface area (Å²) in [5.74, 6) is 0. The number of carbonyl (C=O) groups is 1. The van der Waals surface area contributed by atoms with Crippen LogP contribution in [0.15, 0.2) is 30.7 Å². The molecule has 0 saturated carbocycles. The summed E-state index contributed by atoms with van der Waals surface area (Å²) in [4.78, 5) is 18.3. The number of halogens is 1. The van der Waals surface area contributed by atoms with E-state index < -0.39 is 16.9 Å². The molecule has 2 aromatic heterocycles. The molecule has 0 spiro atoms. The topological polar surface area (TPSA) is 60.2 Å². The van der Waals surface area contributed by atoms with E-state index in [-0.39, 0.29) is 5.15 Å². The summed E-state index contributed by atoms with van der Waals surface area (Å²) in [5.41, 5.74) is 0.637. The Morgan fingerprint density at radius 2 is 2.00 bits per heavy atom. The zero-order chi connectivity index (χ0) is 18.1. The number of rotatable bonds is 3. The van der Waals surface area contributed by atoms with Crippen LogP contribution in [-0.4, -0.2) is 55.2 Å². The van der Waals surface area contributed by atoms with E-state index >= 15 is 0 Å². The van der Waals surface area contributed by atoms with Gasteiger partial charge in [0.05, 0.1) is 18.1 Å². The van der Waals surface area contributed by atoms with E-state index in [0.717, 1.165) is 5.69 Å². The molecule has 0 unspecified atom stereocenters. The normalized spacial score (nSPS) is 12.0. The number of nitrogens with zero attached hydrogens (tertiary/aromatic N) is 4. The Morgan fingerprint density at radius 3 is 2.50 bits per heavy atom. The molecule has 0 bridgehead atoms.